The molecule has 0 saturated carbocycles. The average Bonchev–Trinajstić information content (AvgIpc) is 2.95. The Morgan fingerprint density at radius 3 is 2.33 bits per heavy atom. The first-order valence-corrected chi connectivity index (χ1v) is 9.27. The predicted octanol–water partition coefficient (Wildman–Crippen LogP) is 6.98. The quantitative estimate of drug-likeness (QED) is 0.355. The minimum atomic E-state index is -2.84. The van der Waals surface area contributed by atoms with Gasteiger partial charge in [0.15, 0.2) is 0 Å². The maximum atomic E-state index is 14.5. The van der Waals surface area contributed by atoms with Gasteiger partial charge < -0.3 is 0 Å². The van der Waals surface area contributed by atoms with Crippen LogP contribution in [0.2, 0.25) is 0 Å². The normalized spacial score (nSPS) is 12.1. The topological polar surface area (TPSA) is 0 Å². The van der Waals surface area contributed by atoms with E-state index in [0.29, 0.717) is 22.2 Å². The molecule has 4 aromatic rings. The van der Waals surface area contributed by atoms with E-state index in [1.54, 1.807) is 35.6 Å². The second kappa shape index (κ2) is 6.19. The van der Waals surface area contributed by atoms with Crippen LogP contribution in [0.3, 0.4) is 0 Å². The molecule has 0 aliphatic carbocycles. The van der Waals surface area contributed by atoms with Crippen molar-refractivity contribution in [1.29, 1.82) is 0 Å². The van der Waals surface area contributed by atoms with Crippen LogP contribution in [-0.2, 0) is 6.42 Å². The molecule has 4 rings (SSSR count). The van der Waals surface area contributed by atoms with Gasteiger partial charge in [-0.15, -0.1) is 11.3 Å². The Morgan fingerprint density at radius 2 is 1.50 bits per heavy atom. The highest BCUT2D eigenvalue weighted by Crippen LogP contribution is 2.42. The number of fused-ring (bicyclic) bond motifs is 3. The van der Waals surface area contributed by atoms with Crippen LogP contribution >= 0.6 is 23.1 Å². The summed E-state index contributed by atoms with van der Waals surface area (Å²) in [6.45, 7) is 0. The molecule has 0 spiro atoms. The molecule has 0 atom stereocenters. The third-order valence-corrected chi connectivity index (χ3v) is 6.11. The van der Waals surface area contributed by atoms with Crippen LogP contribution in [0.1, 0.15) is 5.56 Å². The Kier molecular flexibility index (Phi) is 4.02. The van der Waals surface area contributed by atoms with Gasteiger partial charge in [0.05, 0.1) is 0 Å². The lowest BCUT2D eigenvalue weighted by atomic mass is 10.1. The lowest BCUT2D eigenvalue weighted by Crippen LogP contribution is -2.14. The molecule has 120 valence electrons. The lowest BCUT2D eigenvalue weighted by Gasteiger charge is -2.16. The molecule has 1 heterocycles. The van der Waals surface area contributed by atoms with Gasteiger partial charge in [-0.05, 0) is 23.8 Å². The summed E-state index contributed by atoms with van der Waals surface area (Å²) in [6.07, 6.45) is -0.267. The summed E-state index contributed by atoms with van der Waals surface area (Å²) in [7, 11) is 0. The molecule has 0 radical (unpaired) electrons. The molecule has 1 aromatic heterocycles. The van der Waals surface area contributed by atoms with Gasteiger partial charge in [0, 0.05) is 31.5 Å². The van der Waals surface area contributed by atoms with Crippen LogP contribution in [0.25, 0.3) is 20.2 Å². The summed E-state index contributed by atoms with van der Waals surface area (Å²) < 4.78 is 31.2. The number of alkyl halides is 2. The average molecular weight is 356 g/mol. The molecule has 3 aromatic carbocycles. The fraction of sp³-hybridized carbons (Fsp3) is 0.100. The summed E-state index contributed by atoms with van der Waals surface area (Å²) >= 11 is 2.22. The molecule has 0 aliphatic rings. The summed E-state index contributed by atoms with van der Waals surface area (Å²) in [6, 6.07) is 22.6. The van der Waals surface area contributed by atoms with Crippen molar-refractivity contribution < 1.29 is 8.78 Å². The molecule has 24 heavy (non-hydrogen) atoms. The molecular weight excluding hydrogens is 342 g/mol. The SMILES string of the molecule is FC(F)(Cc1cccc2c1sc1ccccc12)Sc1ccccc1. The monoisotopic (exact) mass is 356 g/mol. The van der Waals surface area contributed by atoms with Crippen molar-refractivity contribution in [3.05, 3.63) is 78.4 Å². The van der Waals surface area contributed by atoms with Crippen LogP contribution in [0.5, 0.6) is 0 Å². The standard InChI is InChI=1S/C20H14F2S2/c21-20(22,24-15-8-2-1-3-9-15)13-14-7-6-11-17-16-10-4-5-12-18(16)23-19(14)17/h1-12H,13H2. The number of benzene rings is 3. The fourth-order valence-electron chi connectivity index (χ4n) is 2.86. The van der Waals surface area contributed by atoms with E-state index in [2.05, 4.69) is 6.07 Å². The van der Waals surface area contributed by atoms with Gasteiger partial charge in [-0.1, -0.05) is 66.4 Å². The van der Waals surface area contributed by atoms with Crippen LogP contribution in [0, 0.1) is 0 Å². The molecule has 4 heteroatoms. The minimum Gasteiger partial charge on any atom is -0.194 e. The zero-order valence-corrected chi connectivity index (χ0v) is 14.3. The van der Waals surface area contributed by atoms with E-state index in [9.17, 15) is 8.78 Å². The summed E-state index contributed by atoms with van der Waals surface area (Å²) in [5.41, 5.74) is 0.710. The fourth-order valence-corrected chi connectivity index (χ4v) is 4.94. The Bertz CT molecular complexity index is 990. The van der Waals surface area contributed by atoms with Crippen LogP contribution < -0.4 is 0 Å². The van der Waals surface area contributed by atoms with Gasteiger partial charge in [0.2, 0.25) is 0 Å². The Labute approximate surface area is 147 Å². The van der Waals surface area contributed by atoms with Gasteiger partial charge in [-0.3, -0.25) is 0 Å². The largest absolute Gasteiger partial charge is 0.302 e. The summed E-state index contributed by atoms with van der Waals surface area (Å²) in [5, 5.41) is -0.641. The van der Waals surface area contributed by atoms with E-state index in [1.165, 1.54) is 0 Å². The summed E-state index contributed by atoms with van der Waals surface area (Å²) in [4.78, 5) is 0.589. The maximum Gasteiger partial charge on any atom is 0.302 e. The first-order valence-electron chi connectivity index (χ1n) is 7.63. The van der Waals surface area contributed by atoms with Gasteiger partial charge in [-0.25, -0.2) is 0 Å². The van der Waals surface area contributed by atoms with Gasteiger partial charge in [-0.2, -0.15) is 8.78 Å². The minimum absolute atomic E-state index is 0.267. The van der Waals surface area contributed by atoms with Crippen molar-refractivity contribution >= 4 is 43.3 Å². The molecular formula is C20H14F2S2. The molecule has 0 nitrogen and oxygen atoms in total. The molecule has 0 saturated heterocycles. The highest BCUT2D eigenvalue weighted by Gasteiger charge is 2.31. The molecule has 0 N–H and O–H groups in total. The smallest absolute Gasteiger partial charge is 0.194 e. The van der Waals surface area contributed by atoms with Crippen molar-refractivity contribution in [2.45, 2.75) is 16.6 Å². The number of hydrogen-bond donors (Lipinski definition) is 0. The number of thioether (sulfide) groups is 1. The van der Waals surface area contributed by atoms with Crippen molar-refractivity contribution in [1.82, 2.24) is 0 Å². The van der Waals surface area contributed by atoms with Crippen molar-refractivity contribution in [3.8, 4) is 0 Å². The number of halogens is 2. The van der Waals surface area contributed by atoms with E-state index in [0.717, 1.165) is 20.2 Å². The van der Waals surface area contributed by atoms with E-state index in [4.69, 9.17) is 0 Å². The van der Waals surface area contributed by atoms with E-state index < -0.39 is 5.25 Å². The molecule has 0 bridgehead atoms. The van der Waals surface area contributed by atoms with Gasteiger partial charge >= 0.3 is 5.25 Å². The molecule has 0 amide bonds. The third kappa shape index (κ3) is 3.04. The number of hydrogen-bond acceptors (Lipinski definition) is 2. The first kappa shape index (κ1) is 15.6. The third-order valence-electron chi connectivity index (χ3n) is 3.89. The second-order valence-electron chi connectivity index (χ2n) is 5.62. The lowest BCUT2D eigenvalue weighted by molar-refractivity contribution is 0.107. The summed E-state index contributed by atoms with van der Waals surface area (Å²) in [5.74, 6) is 0. The Balaban J connectivity index is 1.71. The molecule has 0 unspecified atom stereocenters. The first-order chi connectivity index (χ1) is 11.6. The van der Waals surface area contributed by atoms with Crippen LogP contribution in [0.4, 0.5) is 8.78 Å². The number of thiophene rings is 1. The predicted molar refractivity (Wildman–Crippen MR) is 100 cm³/mol. The van der Waals surface area contributed by atoms with Gasteiger partial charge in [0.25, 0.3) is 0 Å². The Hall–Kier alpha value is -1.91. The highest BCUT2D eigenvalue weighted by molar-refractivity contribution is 8.00. The van der Waals surface area contributed by atoms with Gasteiger partial charge in [0.1, 0.15) is 0 Å². The van der Waals surface area contributed by atoms with E-state index in [1.807, 2.05) is 42.5 Å². The molecule has 0 fully saturated rings. The Morgan fingerprint density at radius 1 is 0.792 bits per heavy atom. The van der Waals surface area contributed by atoms with Crippen molar-refractivity contribution in [2.75, 3.05) is 0 Å². The van der Waals surface area contributed by atoms with E-state index >= 15 is 0 Å². The highest BCUT2D eigenvalue weighted by atomic mass is 32.2. The van der Waals surface area contributed by atoms with Crippen molar-refractivity contribution in [3.63, 3.8) is 0 Å². The zero-order chi connectivity index (χ0) is 16.6. The van der Waals surface area contributed by atoms with Crippen LogP contribution in [0.15, 0.2) is 77.7 Å². The maximum absolute atomic E-state index is 14.5. The molecule has 0 aliphatic heterocycles. The number of rotatable bonds is 4. The second-order valence-corrected chi connectivity index (χ2v) is 7.95. The van der Waals surface area contributed by atoms with Crippen molar-refractivity contribution in [2.24, 2.45) is 0 Å². The van der Waals surface area contributed by atoms with Crippen LogP contribution in [-0.4, -0.2) is 5.25 Å². The van der Waals surface area contributed by atoms with E-state index in [-0.39, 0.29) is 6.42 Å². The zero-order valence-electron chi connectivity index (χ0n) is 12.7.